The van der Waals surface area contributed by atoms with Crippen LogP contribution in [0.25, 0.3) is 0 Å². The standard InChI is InChI=1S/C14H22N2O3/c1-11-8-12(10-13(15)9-11)14(17)16(4-6-18-2)5-7-19-3/h8-10H,4-7,15H2,1-3H3. The minimum Gasteiger partial charge on any atom is -0.399 e. The highest BCUT2D eigenvalue weighted by molar-refractivity contribution is 5.95. The lowest BCUT2D eigenvalue weighted by Gasteiger charge is -2.22. The zero-order valence-corrected chi connectivity index (χ0v) is 11.8. The summed E-state index contributed by atoms with van der Waals surface area (Å²) in [7, 11) is 3.23. The third kappa shape index (κ3) is 4.89. The summed E-state index contributed by atoms with van der Waals surface area (Å²) in [6.07, 6.45) is 0. The number of ether oxygens (including phenoxy) is 2. The molecule has 19 heavy (non-hydrogen) atoms. The molecule has 0 aliphatic rings. The first-order chi connectivity index (χ1) is 9.08. The van der Waals surface area contributed by atoms with Gasteiger partial charge in [0.1, 0.15) is 0 Å². The number of benzene rings is 1. The molecule has 0 saturated heterocycles. The molecule has 0 heterocycles. The van der Waals surface area contributed by atoms with Crippen molar-refractivity contribution in [3.8, 4) is 0 Å². The first kappa shape index (κ1) is 15.5. The lowest BCUT2D eigenvalue weighted by Crippen LogP contribution is -2.36. The van der Waals surface area contributed by atoms with Crippen molar-refractivity contribution in [2.24, 2.45) is 0 Å². The topological polar surface area (TPSA) is 64.8 Å². The Balaban J connectivity index is 2.84. The van der Waals surface area contributed by atoms with E-state index in [4.69, 9.17) is 15.2 Å². The summed E-state index contributed by atoms with van der Waals surface area (Å²) >= 11 is 0. The molecule has 5 heteroatoms. The second-order valence-electron chi connectivity index (χ2n) is 4.41. The van der Waals surface area contributed by atoms with Crippen molar-refractivity contribution in [2.75, 3.05) is 46.3 Å². The van der Waals surface area contributed by atoms with Gasteiger partial charge < -0.3 is 20.1 Å². The number of anilines is 1. The zero-order valence-electron chi connectivity index (χ0n) is 11.8. The van der Waals surface area contributed by atoms with E-state index in [9.17, 15) is 4.79 Å². The summed E-state index contributed by atoms with van der Waals surface area (Å²) in [5.74, 6) is -0.0514. The van der Waals surface area contributed by atoms with Crippen LogP contribution in [0.2, 0.25) is 0 Å². The number of hydrogen-bond acceptors (Lipinski definition) is 4. The van der Waals surface area contributed by atoms with Gasteiger partial charge in [-0.05, 0) is 30.7 Å². The fraction of sp³-hybridized carbons (Fsp3) is 0.500. The van der Waals surface area contributed by atoms with E-state index in [0.29, 0.717) is 37.6 Å². The molecule has 1 rings (SSSR count). The molecule has 1 amide bonds. The first-order valence-electron chi connectivity index (χ1n) is 6.22. The molecule has 0 saturated carbocycles. The molecule has 0 fully saturated rings. The van der Waals surface area contributed by atoms with Crippen LogP contribution < -0.4 is 5.73 Å². The van der Waals surface area contributed by atoms with E-state index in [-0.39, 0.29) is 5.91 Å². The molecular weight excluding hydrogens is 244 g/mol. The Morgan fingerprint density at radius 3 is 2.21 bits per heavy atom. The van der Waals surface area contributed by atoms with E-state index in [0.717, 1.165) is 5.56 Å². The van der Waals surface area contributed by atoms with E-state index in [1.165, 1.54) is 0 Å². The van der Waals surface area contributed by atoms with Crippen LogP contribution in [0.1, 0.15) is 15.9 Å². The van der Waals surface area contributed by atoms with E-state index < -0.39 is 0 Å². The fourth-order valence-corrected chi connectivity index (χ4v) is 1.84. The Hall–Kier alpha value is -1.59. The van der Waals surface area contributed by atoms with Gasteiger partial charge in [-0.15, -0.1) is 0 Å². The van der Waals surface area contributed by atoms with Gasteiger partial charge in [0.2, 0.25) is 0 Å². The maximum absolute atomic E-state index is 12.4. The van der Waals surface area contributed by atoms with E-state index in [2.05, 4.69) is 0 Å². The molecule has 2 N–H and O–H groups in total. The molecule has 1 aromatic rings. The van der Waals surface area contributed by atoms with Gasteiger partial charge in [0.15, 0.2) is 0 Å². The molecule has 0 aromatic heterocycles. The average molecular weight is 266 g/mol. The van der Waals surface area contributed by atoms with Crippen LogP contribution in [-0.2, 0) is 9.47 Å². The van der Waals surface area contributed by atoms with Gasteiger partial charge in [0, 0.05) is 38.6 Å². The smallest absolute Gasteiger partial charge is 0.254 e. The van der Waals surface area contributed by atoms with Crippen molar-refractivity contribution in [2.45, 2.75) is 6.92 Å². The number of nitrogens with two attached hydrogens (primary N) is 1. The van der Waals surface area contributed by atoms with Crippen molar-refractivity contribution in [1.82, 2.24) is 4.90 Å². The number of rotatable bonds is 7. The summed E-state index contributed by atoms with van der Waals surface area (Å²) < 4.78 is 10.1. The van der Waals surface area contributed by atoms with Crippen molar-refractivity contribution < 1.29 is 14.3 Å². The van der Waals surface area contributed by atoms with Crippen molar-refractivity contribution in [3.05, 3.63) is 29.3 Å². The lowest BCUT2D eigenvalue weighted by molar-refractivity contribution is 0.0627. The Morgan fingerprint density at radius 1 is 1.16 bits per heavy atom. The predicted molar refractivity (Wildman–Crippen MR) is 75.2 cm³/mol. The zero-order chi connectivity index (χ0) is 14.3. The number of aryl methyl sites for hydroxylation is 1. The first-order valence-corrected chi connectivity index (χ1v) is 6.22. The predicted octanol–water partition coefficient (Wildman–Crippen LogP) is 1.31. The molecule has 1 aromatic carbocycles. The fourth-order valence-electron chi connectivity index (χ4n) is 1.84. The number of carbonyl (C=O) groups excluding carboxylic acids is 1. The molecule has 0 bridgehead atoms. The number of carbonyl (C=O) groups is 1. The van der Waals surface area contributed by atoms with Crippen LogP contribution in [0, 0.1) is 6.92 Å². The van der Waals surface area contributed by atoms with Crippen LogP contribution >= 0.6 is 0 Å². The van der Waals surface area contributed by atoms with Gasteiger partial charge in [0.25, 0.3) is 5.91 Å². The molecule has 0 aliphatic carbocycles. The van der Waals surface area contributed by atoms with Gasteiger partial charge in [-0.1, -0.05) is 0 Å². The largest absolute Gasteiger partial charge is 0.399 e. The molecule has 0 spiro atoms. The van der Waals surface area contributed by atoms with E-state index in [1.54, 1.807) is 25.2 Å². The summed E-state index contributed by atoms with van der Waals surface area (Å²) in [4.78, 5) is 14.1. The Kier molecular flexibility index (Phi) is 6.32. The maximum Gasteiger partial charge on any atom is 0.254 e. The van der Waals surface area contributed by atoms with E-state index in [1.807, 2.05) is 19.1 Å². The van der Waals surface area contributed by atoms with Gasteiger partial charge in [0.05, 0.1) is 13.2 Å². The monoisotopic (exact) mass is 266 g/mol. The van der Waals surface area contributed by atoms with Crippen LogP contribution in [0.3, 0.4) is 0 Å². The quantitative estimate of drug-likeness (QED) is 0.756. The maximum atomic E-state index is 12.4. The van der Waals surface area contributed by atoms with Crippen LogP contribution in [0.4, 0.5) is 5.69 Å². The van der Waals surface area contributed by atoms with Crippen molar-refractivity contribution in [1.29, 1.82) is 0 Å². The lowest BCUT2D eigenvalue weighted by atomic mass is 10.1. The minimum atomic E-state index is -0.0514. The highest BCUT2D eigenvalue weighted by atomic mass is 16.5. The third-order valence-corrected chi connectivity index (χ3v) is 2.76. The molecular formula is C14H22N2O3. The summed E-state index contributed by atoms with van der Waals surface area (Å²) in [6, 6.07) is 5.37. The van der Waals surface area contributed by atoms with Crippen molar-refractivity contribution in [3.63, 3.8) is 0 Å². The second kappa shape index (κ2) is 7.76. The molecule has 0 atom stereocenters. The molecule has 106 valence electrons. The SMILES string of the molecule is COCCN(CCOC)C(=O)c1cc(C)cc(N)c1. The summed E-state index contributed by atoms with van der Waals surface area (Å²) in [5, 5.41) is 0. The average Bonchev–Trinajstić information content (AvgIpc) is 2.37. The normalized spacial score (nSPS) is 10.5. The molecule has 5 nitrogen and oxygen atoms in total. The molecule has 0 radical (unpaired) electrons. The highest BCUT2D eigenvalue weighted by Crippen LogP contribution is 2.13. The third-order valence-electron chi connectivity index (χ3n) is 2.76. The number of hydrogen-bond donors (Lipinski definition) is 1. The number of methoxy groups -OCH3 is 2. The number of nitrogens with zero attached hydrogens (tertiary/aromatic N) is 1. The van der Waals surface area contributed by atoms with Crippen LogP contribution in [-0.4, -0.2) is 51.3 Å². The summed E-state index contributed by atoms with van der Waals surface area (Å²) in [6.45, 7) is 3.98. The number of nitrogen functional groups attached to an aromatic ring is 1. The van der Waals surface area contributed by atoms with Gasteiger partial charge in [-0.3, -0.25) is 4.79 Å². The second-order valence-corrected chi connectivity index (χ2v) is 4.41. The minimum absolute atomic E-state index is 0.0514. The summed E-state index contributed by atoms with van der Waals surface area (Å²) in [5.41, 5.74) is 7.95. The van der Waals surface area contributed by atoms with Gasteiger partial charge in [-0.25, -0.2) is 0 Å². The Bertz CT molecular complexity index is 393. The van der Waals surface area contributed by atoms with E-state index >= 15 is 0 Å². The van der Waals surface area contributed by atoms with Crippen LogP contribution in [0.15, 0.2) is 18.2 Å². The highest BCUT2D eigenvalue weighted by Gasteiger charge is 2.15. The molecule has 0 aliphatic heterocycles. The van der Waals surface area contributed by atoms with Crippen LogP contribution in [0.5, 0.6) is 0 Å². The Labute approximate surface area is 114 Å². The van der Waals surface area contributed by atoms with Crippen molar-refractivity contribution >= 4 is 11.6 Å². The molecule has 0 unspecified atom stereocenters. The Morgan fingerprint density at radius 2 is 1.74 bits per heavy atom. The number of amides is 1. The van der Waals surface area contributed by atoms with Gasteiger partial charge in [-0.2, -0.15) is 0 Å². The van der Waals surface area contributed by atoms with Gasteiger partial charge >= 0.3 is 0 Å².